The molecular weight excluding hydrogens is 523 g/mol. The summed E-state index contributed by atoms with van der Waals surface area (Å²) in [5.41, 5.74) is 1.00. The average Bonchev–Trinajstić information content (AvgIpc) is 2.88. The smallest absolute Gasteiger partial charge is 0.357 e. The minimum atomic E-state index is -4.05. The lowest BCUT2D eigenvalue weighted by Gasteiger charge is -2.28. The van der Waals surface area contributed by atoms with Gasteiger partial charge in [-0.15, -0.1) is 0 Å². The summed E-state index contributed by atoms with van der Waals surface area (Å²) in [4.78, 5) is 7.76. The minimum Gasteiger partial charge on any atom is -0.508 e. The van der Waals surface area contributed by atoms with E-state index >= 15 is 0 Å². The maximum Gasteiger partial charge on any atom is 0.357 e. The van der Waals surface area contributed by atoms with Gasteiger partial charge in [-0.2, -0.15) is 4.98 Å². The Hall–Kier alpha value is -3.38. The van der Waals surface area contributed by atoms with E-state index < -0.39 is 23.4 Å². The third-order valence-electron chi connectivity index (χ3n) is 5.01. The van der Waals surface area contributed by atoms with Gasteiger partial charge >= 0.3 is 7.60 Å². The summed E-state index contributed by atoms with van der Waals surface area (Å²) in [6.45, 7) is 3.70. The summed E-state index contributed by atoms with van der Waals surface area (Å²) < 4.78 is 63.3. The number of methoxy groups -OCH3 is 2. The second-order valence-corrected chi connectivity index (χ2v) is 11.2. The first-order chi connectivity index (χ1) is 17.7. The van der Waals surface area contributed by atoms with E-state index in [1.54, 1.807) is 26.0 Å². The van der Waals surface area contributed by atoms with Gasteiger partial charge in [-0.05, 0) is 55.8 Å². The molecule has 0 bridgehead atoms. The molecule has 14 heteroatoms. The van der Waals surface area contributed by atoms with Crippen LogP contribution in [0.15, 0.2) is 59.8 Å². The Morgan fingerprint density at radius 1 is 0.946 bits per heavy atom. The van der Waals surface area contributed by atoms with Crippen LogP contribution in [0.5, 0.6) is 17.4 Å². The number of aromatic nitrogens is 2. The number of phenols is 1. The fourth-order valence-corrected chi connectivity index (χ4v) is 6.33. The largest absolute Gasteiger partial charge is 0.508 e. The summed E-state index contributed by atoms with van der Waals surface area (Å²) >= 11 is 0. The minimum absolute atomic E-state index is 0.0335. The first-order valence-electron chi connectivity index (χ1n) is 11.2. The van der Waals surface area contributed by atoms with Crippen molar-refractivity contribution < 1.29 is 36.6 Å². The number of ether oxygens (including phenoxy) is 2. The third-order valence-corrected chi connectivity index (χ3v) is 8.66. The zero-order valence-corrected chi connectivity index (χ0v) is 22.5. The number of hydrogen-bond donors (Lipinski definition) is 3. The fraction of sp³-hybridized carbons (Fsp3) is 0.304. The summed E-state index contributed by atoms with van der Waals surface area (Å²) in [7, 11) is -5.04. The standard InChI is InChI=1S/C23H29N4O8PS/c1-5-34-36(29,35-6-2)23(16-7-11-18(28)12-8-16)26-17-9-13-19(14-10-17)37(30,31)27-21-20(32-3)22(33-4)25-15-24-21/h7-15,23,26,28H,5-6H2,1-4H3,(H,24,25,27). The normalized spacial score (nSPS) is 12.5. The van der Waals surface area contributed by atoms with E-state index in [1.165, 1.54) is 50.6 Å². The molecule has 0 aliphatic carbocycles. The first kappa shape index (κ1) is 28.2. The molecule has 37 heavy (non-hydrogen) atoms. The second-order valence-electron chi connectivity index (χ2n) is 7.41. The van der Waals surface area contributed by atoms with E-state index in [-0.39, 0.29) is 41.3 Å². The lowest BCUT2D eigenvalue weighted by Crippen LogP contribution is -2.16. The molecule has 3 aromatic rings. The molecule has 200 valence electrons. The molecule has 0 spiro atoms. The first-order valence-corrected chi connectivity index (χ1v) is 14.3. The maximum atomic E-state index is 13.6. The van der Waals surface area contributed by atoms with Gasteiger partial charge in [0.05, 0.1) is 32.3 Å². The van der Waals surface area contributed by atoms with E-state index in [9.17, 15) is 18.1 Å². The number of rotatable bonds is 13. The molecule has 0 aliphatic rings. The van der Waals surface area contributed by atoms with Crippen molar-refractivity contribution in [2.75, 3.05) is 37.5 Å². The molecule has 2 aromatic carbocycles. The Bertz CT molecular complexity index is 1330. The lowest BCUT2D eigenvalue weighted by atomic mass is 10.2. The van der Waals surface area contributed by atoms with Crippen molar-refractivity contribution in [1.82, 2.24) is 9.97 Å². The van der Waals surface area contributed by atoms with Crippen LogP contribution < -0.4 is 19.5 Å². The van der Waals surface area contributed by atoms with E-state index in [4.69, 9.17) is 18.5 Å². The Morgan fingerprint density at radius 3 is 2.11 bits per heavy atom. The summed E-state index contributed by atoms with van der Waals surface area (Å²) in [5, 5.41) is 12.8. The Morgan fingerprint density at radius 2 is 1.57 bits per heavy atom. The van der Waals surface area contributed by atoms with Crippen LogP contribution in [0.1, 0.15) is 25.2 Å². The summed E-state index contributed by atoms with van der Waals surface area (Å²) in [5.74, 6) is -0.857. The molecule has 0 aliphatic heterocycles. The van der Waals surface area contributed by atoms with Crippen molar-refractivity contribution in [3.63, 3.8) is 0 Å². The highest BCUT2D eigenvalue weighted by molar-refractivity contribution is 7.92. The fourth-order valence-electron chi connectivity index (χ4n) is 3.38. The van der Waals surface area contributed by atoms with Gasteiger partial charge in [0.15, 0.2) is 11.6 Å². The van der Waals surface area contributed by atoms with Crippen LogP contribution in [0.3, 0.4) is 0 Å². The molecular formula is C23H29N4O8PS. The van der Waals surface area contributed by atoms with Crippen LogP contribution in [-0.2, 0) is 23.6 Å². The lowest BCUT2D eigenvalue weighted by molar-refractivity contribution is 0.214. The van der Waals surface area contributed by atoms with Gasteiger partial charge < -0.3 is 28.9 Å². The van der Waals surface area contributed by atoms with Crippen molar-refractivity contribution in [3.05, 3.63) is 60.4 Å². The molecule has 1 unspecified atom stereocenters. The van der Waals surface area contributed by atoms with Crippen LogP contribution in [0.4, 0.5) is 11.5 Å². The SMILES string of the molecule is CCOP(=O)(OCC)C(Nc1ccc(S(=O)(=O)Nc2ncnc(OC)c2OC)cc1)c1ccc(O)cc1. The van der Waals surface area contributed by atoms with Gasteiger partial charge in [0.1, 0.15) is 12.1 Å². The van der Waals surface area contributed by atoms with Crippen molar-refractivity contribution >= 4 is 29.1 Å². The number of phenolic OH excluding ortho intramolecular Hbond substituents is 1. The number of nitrogens with one attached hydrogen (secondary N) is 2. The number of benzene rings is 2. The van der Waals surface area contributed by atoms with Gasteiger partial charge in [0.25, 0.3) is 15.9 Å². The molecule has 0 saturated carbocycles. The molecule has 1 aromatic heterocycles. The zero-order valence-electron chi connectivity index (χ0n) is 20.7. The van der Waals surface area contributed by atoms with Crippen LogP contribution in [0.2, 0.25) is 0 Å². The van der Waals surface area contributed by atoms with Crippen molar-refractivity contribution in [2.24, 2.45) is 0 Å². The van der Waals surface area contributed by atoms with Crippen LogP contribution >= 0.6 is 7.60 Å². The summed E-state index contributed by atoms with van der Waals surface area (Å²) in [6, 6.07) is 11.9. The predicted molar refractivity (Wildman–Crippen MR) is 138 cm³/mol. The van der Waals surface area contributed by atoms with E-state index in [0.717, 1.165) is 6.33 Å². The Kier molecular flexibility index (Phi) is 9.33. The van der Waals surface area contributed by atoms with Gasteiger partial charge in [0, 0.05) is 5.69 Å². The molecule has 3 N–H and O–H groups in total. The molecule has 0 saturated heterocycles. The monoisotopic (exact) mass is 552 g/mol. The molecule has 1 heterocycles. The molecule has 0 amide bonds. The highest BCUT2D eigenvalue weighted by atomic mass is 32.2. The number of nitrogens with zero attached hydrogens (tertiary/aromatic N) is 2. The molecule has 3 rings (SSSR count). The van der Waals surface area contributed by atoms with Crippen LogP contribution in [-0.4, -0.2) is 50.9 Å². The van der Waals surface area contributed by atoms with Gasteiger partial charge in [0.2, 0.25) is 5.75 Å². The van der Waals surface area contributed by atoms with Crippen molar-refractivity contribution in [2.45, 2.75) is 24.5 Å². The van der Waals surface area contributed by atoms with Crippen LogP contribution in [0, 0.1) is 0 Å². The Labute approximate surface area is 215 Å². The highest BCUT2D eigenvalue weighted by Gasteiger charge is 2.37. The number of anilines is 2. The van der Waals surface area contributed by atoms with Gasteiger partial charge in [-0.3, -0.25) is 9.29 Å². The molecule has 0 fully saturated rings. The predicted octanol–water partition coefficient (Wildman–Crippen LogP) is 4.38. The van der Waals surface area contributed by atoms with Crippen LogP contribution in [0.25, 0.3) is 0 Å². The Balaban J connectivity index is 1.90. The molecule has 0 radical (unpaired) electrons. The second kappa shape index (κ2) is 12.2. The topological polar surface area (TPSA) is 158 Å². The quantitative estimate of drug-likeness (QED) is 0.258. The van der Waals surface area contributed by atoms with Gasteiger partial charge in [-0.1, -0.05) is 12.1 Å². The third kappa shape index (κ3) is 6.69. The van der Waals surface area contributed by atoms with Crippen molar-refractivity contribution in [1.29, 1.82) is 0 Å². The zero-order chi connectivity index (χ0) is 27.1. The number of hydrogen-bond acceptors (Lipinski definition) is 11. The van der Waals surface area contributed by atoms with Gasteiger partial charge in [-0.25, -0.2) is 13.4 Å². The molecule has 12 nitrogen and oxygen atoms in total. The molecule has 1 atom stereocenters. The van der Waals surface area contributed by atoms with E-state index in [2.05, 4.69) is 20.0 Å². The number of aromatic hydroxyl groups is 1. The van der Waals surface area contributed by atoms with Crippen molar-refractivity contribution in [3.8, 4) is 17.4 Å². The van der Waals surface area contributed by atoms with E-state index in [0.29, 0.717) is 11.3 Å². The average molecular weight is 553 g/mol. The maximum absolute atomic E-state index is 13.6. The highest BCUT2D eigenvalue weighted by Crippen LogP contribution is 2.60. The summed E-state index contributed by atoms with van der Waals surface area (Å²) in [6.07, 6.45) is 1.14. The van der Waals surface area contributed by atoms with E-state index in [1.807, 2.05) is 0 Å². The number of sulfonamides is 1.